The van der Waals surface area contributed by atoms with E-state index < -0.39 is 6.10 Å². The van der Waals surface area contributed by atoms with E-state index in [0.717, 1.165) is 35.6 Å². The summed E-state index contributed by atoms with van der Waals surface area (Å²) in [7, 11) is 4.15. The average Bonchev–Trinajstić information content (AvgIpc) is 3.08. The zero-order chi connectivity index (χ0) is 17.8. The van der Waals surface area contributed by atoms with Gasteiger partial charge >= 0.3 is 6.03 Å². The fourth-order valence-electron chi connectivity index (χ4n) is 3.52. The Labute approximate surface area is 149 Å². The molecule has 0 bridgehead atoms. The summed E-state index contributed by atoms with van der Waals surface area (Å²) in [5.74, 6) is 0. The van der Waals surface area contributed by atoms with Gasteiger partial charge in [0, 0.05) is 18.6 Å². The lowest BCUT2D eigenvalue weighted by Gasteiger charge is -2.19. The van der Waals surface area contributed by atoms with Crippen LogP contribution in [0.15, 0.2) is 42.5 Å². The predicted octanol–water partition coefficient (Wildman–Crippen LogP) is 2.66. The minimum absolute atomic E-state index is 0.202. The van der Waals surface area contributed by atoms with Crippen LogP contribution in [0.3, 0.4) is 0 Å². The molecule has 3 rings (SSSR count). The first kappa shape index (κ1) is 17.7. The van der Waals surface area contributed by atoms with Gasteiger partial charge in [0.05, 0.1) is 6.10 Å². The van der Waals surface area contributed by atoms with Gasteiger partial charge in [-0.2, -0.15) is 0 Å². The molecule has 2 aromatic carbocycles. The largest absolute Gasteiger partial charge is 0.387 e. The van der Waals surface area contributed by atoms with Crippen molar-refractivity contribution in [1.29, 1.82) is 0 Å². The number of hydrogen-bond donors (Lipinski definition) is 3. The molecule has 3 atom stereocenters. The van der Waals surface area contributed by atoms with Gasteiger partial charge in [-0.1, -0.05) is 36.4 Å². The van der Waals surface area contributed by atoms with E-state index in [1.165, 1.54) is 0 Å². The highest BCUT2D eigenvalue weighted by Gasteiger charge is 2.27. The number of nitrogens with zero attached hydrogens (tertiary/aromatic N) is 1. The first-order valence-corrected chi connectivity index (χ1v) is 8.90. The molecule has 1 fully saturated rings. The Kier molecular flexibility index (Phi) is 5.56. The van der Waals surface area contributed by atoms with Crippen molar-refractivity contribution in [3.8, 4) is 0 Å². The number of hydrogen-bond acceptors (Lipinski definition) is 3. The molecule has 1 saturated carbocycles. The molecule has 134 valence electrons. The zero-order valence-corrected chi connectivity index (χ0v) is 14.9. The third-order valence-corrected chi connectivity index (χ3v) is 5.08. The van der Waals surface area contributed by atoms with Gasteiger partial charge in [-0.25, -0.2) is 4.79 Å². The van der Waals surface area contributed by atoms with Gasteiger partial charge in [-0.05, 0) is 55.8 Å². The van der Waals surface area contributed by atoms with Gasteiger partial charge in [0.1, 0.15) is 0 Å². The lowest BCUT2D eigenvalue weighted by Crippen LogP contribution is -2.43. The normalized spacial score (nSPS) is 21.4. The Bertz CT molecular complexity index is 732. The number of urea groups is 1. The summed E-state index contributed by atoms with van der Waals surface area (Å²) in [6.45, 7) is 0.202. The van der Waals surface area contributed by atoms with E-state index in [9.17, 15) is 9.90 Å². The topological polar surface area (TPSA) is 64.6 Å². The molecule has 1 aliphatic carbocycles. The van der Waals surface area contributed by atoms with E-state index in [0.29, 0.717) is 6.04 Å². The maximum atomic E-state index is 12.1. The van der Waals surface area contributed by atoms with Crippen LogP contribution >= 0.6 is 0 Å². The molecule has 0 heterocycles. The zero-order valence-electron chi connectivity index (χ0n) is 14.9. The molecule has 1 aliphatic rings. The summed E-state index contributed by atoms with van der Waals surface area (Å²) in [5.41, 5.74) is 0.813. The van der Waals surface area contributed by atoms with Gasteiger partial charge in [0.25, 0.3) is 0 Å². The molecule has 0 aliphatic heterocycles. The van der Waals surface area contributed by atoms with Crippen LogP contribution in [0.1, 0.15) is 30.9 Å². The number of rotatable bonds is 5. The molecule has 3 unspecified atom stereocenters. The Hall–Kier alpha value is -2.11. The third-order valence-electron chi connectivity index (χ3n) is 5.08. The molecule has 5 heteroatoms. The van der Waals surface area contributed by atoms with Crippen molar-refractivity contribution in [1.82, 2.24) is 15.5 Å². The maximum absolute atomic E-state index is 12.1. The molecular weight excluding hydrogens is 314 g/mol. The van der Waals surface area contributed by atoms with Crippen LogP contribution in [0.2, 0.25) is 0 Å². The molecule has 25 heavy (non-hydrogen) atoms. The summed E-state index contributed by atoms with van der Waals surface area (Å²) < 4.78 is 0. The summed E-state index contributed by atoms with van der Waals surface area (Å²) in [5, 5.41) is 18.4. The molecule has 2 amide bonds. The molecular formula is C20H27N3O2. The molecule has 0 aromatic heterocycles. The lowest BCUT2D eigenvalue weighted by atomic mass is 10.0. The minimum atomic E-state index is -0.714. The van der Waals surface area contributed by atoms with Crippen LogP contribution in [0, 0.1) is 0 Å². The molecule has 2 aromatic rings. The number of amides is 2. The Morgan fingerprint density at radius 1 is 1.20 bits per heavy atom. The van der Waals surface area contributed by atoms with Gasteiger partial charge in [0.2, 0.25) is 0 Å². The number of fused-ring (bicyclic) bond motifs is 1. The van der Waals surface area contributed by atoms with Crippen LogP contribution in [0.5, 0.6) is 0 Å². The lowest BCUT2D eigenvalue weighted by molar-refractivity contribution is 0.172. The van der Waals surface area contributed by atoms with E-state index in [4.69, 9.17) is 0 Å². The first-order chi connectivity index (χ1) is 12.0. The fraction of sp³-hybridized carbons (Fsp3) is 0.450. The van der Waals surface area contributed by atoms with E-state index in [1.807, 2.05) is 42.5 Å². The van der Waals surface area contributed by atoms with Crippen LogP contribution in [0.4, 0.5) is 4.79 Å². The van der Waals surface area contributed by atoms with Crippen molar-refractivity contribution in [2.75, 3.05) is 20.6 Å². The molecule has 0 radical (unpaired) electrons. The van der Waals surface area contributed by atoms with Gasteiger partial charge in [-0.15, -0.1) is 0 Å². The van der Waals surface area contributed by atoms with Gasteiger partial charge in [-0.3, -0.25) is 0 Å². The van der Waals surface area contributed by atoms with E-state index >= 15 is 0 Å². The van der Waals surface area contributed by atoms with E-state index in [-0.39, 0.29) is 18.6 Å². The Morgan fingerprint density at radius 3 is 2.68 bits per heavy atom. The van der Waals surface area contributed by atoms with Crippen molar-refractivity contribution in [2.45, 2.75) is 37.5 Å². The molecule has 0 saturated heterocycles. The number of benzene rings is 2. The summed E-state index contributed by atoms with van der Waals surface area (Å²) >= 11 is 0. The van der Waals surface area contributed by atoms with Crippen molar-refractivity contribution >= 4 is 16.8 Å². The summed E-state index contributed by atoms with van der Waals surface area (Å²) in [6.07, 6.45) is 2.38. The predicted molar refractivity (Wildman–Crippen MR) is 101 cm³/mol. The van der Waals surface area contributed by atoms with Crippen molar-refractivity contribution in [2.24, 2.45) is 0 Å². The van der Waals surface area contributed by atoms with Crippen LogP contribution in [0.25, 0.3) is 10.8 Å². The number of nitrogens with one attached hydrogen (secondary N) is 2. The number of aliphatic hydroxyl groups excluding tert-OH is 1. The highest BCUT2D eigenvalue weighted by Crippen LogP contribution is 2.22. The number of carbonyl (C=O) groups excluding carboxylic acids is 1. The van der Waals surface area contributed by atoms with Gasteiger partial charge < -0.3 is 20.6 Å². The second-order valence-corrected chi connectivity index (χ2v) is 7.10. The van der Waals surface area contributed by atoms with Gasteiger partial charge in [0.15, 0.2) is 0 Å². The smallest absolute Gasteiger partial charge is 0.315 e. The number of aliphatic hydroxyl groups is 1. The summed E-state index contributed by atoms with van der Waals surface area (Å²) in [4.78, 5) is 14.3. The standard InChI is InChI=1S/C20H27N3O2/c1-23(2)18-10-9-17(12-18)22-20(25)21-13-19(24)16-8-7-14-5-3-4-6-15(14)11-16/h3-8,11,17-19,24H,9-10,12-13H2,1-2H3,(H2,21,22,25). The van der Waals surface area contributed by atoms with Crippen LogP contribution < -0.4 is 10.6 Å². The van der Waals surface area contributed by atoms with Crippen LogP contribution in [-0.4, -0.2) is 48.8 Å². The SMILES string of the molecule is CN(C)C1CCC(NC(=O)NCC(O)c2ccc3ccccc3c2)C1. The second-order valence-electron chi connectivity index (χ2n) is 7.10. The molecule has 3 N–H and O–H groups in total. The third kappa shape index (κ3) is 4.50. The molecule has 0 spiro atoms. The second kappa shape index (κ2) is 7.85. The van der Waals surface area contributed by atoms with Crippen molar-refractivity contribution < 1.29 is 9.90 Å². The first-order valence-electron chi connectivity index (χ1n) is 8.90. The summed E-state index contributed by atoms with van der Waals surface area (Å²) in [6, 6.07) is 14.5. The quantitative estimate of drug-likeness (QED) is 0.783. The molecule has 5 nitrogen and oxygen atoms in total. The highest BCUT2D eigenvalue weighted by atomic mass is 16.3. The fourth-order valence-corrected chi connectivity index (χ4v) is 3.52. The maximum Gasteiger partial charge on any atom is 0.315 e. The Balaban J connectivity index is 1.49. The van der Waals surface area contributed by atoms with Crippen molar-refractivity contribution in [3.05, 3.63) is 48.0 Å². The van der Waals surface area contributed by atoms with Crippen LogP contribution in [-0.2, 0) is 0 Å². The monoisotopic (exact) mass is 341 g/mol. The van der Waals surface area contributed by atoms with E-state index in [2.05, 4.69) is 29.6 Å². The minimum Gasteiger partial charge on any atom is -0.387 e. The van der Waals surface area contributed by atoms with E-state index in [1.54, 1.807) is 0 Å². The highest BCUT2D eigenvalue weighted by molar-refractivity contribution is 5.83. The van der Waals surface area contributed by atoms with Crippen molar-refractivity contribution in [3.63, 3.8) is 0 Å². The average molecular weight is 341 g/mol. The Morgan fingerprint density at radius 2 is 1.96 bits per heavy atom. The number of carbonyl (C=O) groups is 1.